The molecule has 0 aromatic heterocycles. The van der Waals surface area contributed by atoms with Crippen LogP contribution >= 0.6 is 12.2 Å². The van der Waals surface area contributed by atoms with Crippen molar-refractivity contribution in [3.05, 3.63) is 0 Å². The van der Waals surface area contributed by atoms with Crippen LogP contribution in [0.3, 0.4) is 0 Å². The maximum atomic E-state index is 5.36. The molecule has 0 aromatic carbocycles. The molecule has 0 bridgehead atoms. The van der Waals surface area contributed by atoms with Crippen molar-refractivity contribution in [3.8, 4) is 0 Å². The Morgan fingerprint density at radius 2 is 2.06 bits per heavy atom. The first-order valence-electron chi connectivity index (χ1n) is 6.24. The number of hydrogen-bond acceptors (Lipinski definition) is 3. The zero-order chi connectivity index (χ0) is 13.1. The fraction of sp³-hybridized carbons (Fsp3) is 0.917. The number of thiocarbonyl (C=S) groups is 1. The summed E-state index contributed by atoms with van der Waals surface area (Å²) < 4.78 is 10.4. The summed E-state index contributed by atoms with van der Waals surface area (Å²) in [4.78, 5) is 2.14. The van der Waals surface area contributed by atoms with E-state index in [1.165, 1.54) is 0 Å². The Labute approximate surface area is 111 Å². The second-order valence-corrected chi connectivity index (χ2v) is 4.45. The van der Waals surface area contributed by atoms with Crippen molar-refractivity contribution >= 4 is 17.3 Å². The average Bonchev–Trinajstić information content (AvgIpc) is 2.29. The van der Waals surface area contributed by atoms with Gasteiger partial charge in [-0.25, -0.2) is 0 Å². The van der Waals surface area contributed by atoms with Gasteiger partial charge < -0.3 is 19.7 Å². The van der Waals surface area contributed by atoms with Crippen LogP contribution in [-0.4, -0.2) is 56.1 Å². The van der Waals surface area contributed by atoms with Crippen LogP contribution in [0.1, 0.15) is 27.2 Å². The third-order valence-electron chi connectivity index (χ3n) is 2.37. The van der Waals surface area contributed by atoms with E-state index in [2.05, 4.69) is 24.1 Å². The van der Waals surface area contributed by atoms with Gasteiger partial charge in [-0.2, -0.15) is 0 Å². The van der Waals surface area contributed by atoms with Gasteiger partial charge >= 0.3 is 0 Å². The first-order valence-corrected chi connectivity index (χ1v) is 6.65. The second kappa shape index (κ2) is 10.7. The van der Waals surface area contributed by atoms with Gasteiger partial charge in [-0.3, -0.25) is 0 Å². The summed E-state index contributed by atoms with van der Waals surface area (Å²) in [5.74, 6) is 0. The van der Waals surface area contributed by atoms with Crippen molar-refractivity contribution in [3.63, 3.8) is 0 Å². The van der Waals surface area contributed by atoms with Gasteiger partial charge in [0, 0.05) is 39.5 Å². The van der Waals surface area contributed by atoms with Gasteiger partial charge in [0.2, 0.25) is 0 Å². The molecule has 0 heterocycles. The molecule has 0 unspecified atom stereocenters. The third-order valence-corrected chi connectivity index (χ3v) is 2.75. The van der Waals surface area contributed by atoms with E-state index < -0.39 is 0 Å². The van der Waals surface area contributed by atoms with Gasteiger partial charge in [-0.05, 0) is 39.4 Å². The monoisotopic (exact) mass is 262 g/mol. The molecule has 0 fully saturated rings. The van der Waals surface area contributed by atoms with E-state index in [1.54, 1.807) is 7.11 Å². The highest BCUT2D eigenvalue weighted by Crippen LogP contribution is 1.99. The first-order chi connectivity index (χ1) is 8.13. The van der Waals surface area contributed by atoms with Gasteiger partial charge in [0.25, 0.3) is 0 Å². The van der Waals surface area contributed by atoms with Crippen LogP contribution in [0.2, 0.25) is 0 Å². The number of hydrogen-bond donors (Lipinski definition) is 1. The Bertz CT molecular complexity index is 201. The minimum Gasteiger partial charge on any atom is -0.383 e. The molecule has 0 amide bonds. The van der Waals surface area contributed by atoms with Crippen molar-refractivity contribution < 1.29 is 9.47 Å². The molecule has 5 heteroatoms. The molecule has 4 nitrogen and oxygen atoms in total. The minimum absolute atomic E-state index is 0.386. The van der Waals surface area contributed by atoms with E-state index in [0.29, 0.717) is 12.6 Å². The number of nitrogens with one attached hydrogen (secondary N) is 1. The summed E-state index contributed by atoms with van der Waals surface area (Å²) in [7, 11) is 1.71. The first kappa shape index (κ1) is 16.6. The Hall–Kier alpha value is -0.390. The molecule has 0 saturated heterocycles. The van der Waals surface area contributed by atoms with E-state index in [9.17, 15) is 0 Å². The molecule has 0 atom stereocenters. The number of methoxy groups -OCH3 is 1. The minimum atomic E-state index is 0.386. The van der Waals surface area contributed by atoms with Crippen molar-refractivity contribution in [1.82, 2.24) is 10.2 Å². The van der Waals surface area contributed by atoms with Crippen LogP contribution in [0, 0.1) is 0 Å². The van der Waals surface area contributed by atoms with Crippen LogP contribution in [0.15, 0.2) is 0 Å². The van der Waals surface area contributed by atoms with Crippen LogP contribution in [0.5, 0.6) is 0 Å². The summed E-state index contributed by atoms with van der Waals surface area (Å²) in [5.41, 5.74) is 0. The van der Waals surface area contributed by atoms with E-state index in [-0.39, 0.29) is 0 Å². The highest BCUT2D eigenvalue weighted by Gasteiger charge is 2.12. The molecule has 0 rings (SSSR count). The molecule has 1 N–H and O–H groups in total. The van der Waals surface area contributed by atoms with Crippen molar-refractivity contribution in [2.75, 3.05) is 40.0 Å². The maximum Gasteiger partial charge on any atom is 0.169 e. The average molecular weight is 262 g/mol. The van der Waals surface area contributed by atoms with Crippen LogP contribution in [0.4, 0.5) is 0 Å². The molecule has 0 aromatic rings. The lowest BCUT2D eigenvalue weighted by Gasteiger charge is -2.29. The molecule has 0 spiro atoms. The third kappa shape index (κ3) is 8.35. The highest BCUT2D eigenvalue weighted by molar-refractivity contribution is 7.80. The summed E-state index contributed by atoms with van der Waals surface area (Å²) in [5, 5.41) is 4.05. The predicted octanol–water partition coefficient (Wildman–Crippen LogP) is 1.64. The van der Waals surface area contributed by atoms with E-state index in [1.807, 2.05) is 6.92 Å². The van der Waals surface area contributed by atoms with E-state index >= 15 is 0 Å². The molecule has 0 saturated carbocycles. The van der Waals surface area contributed by atoms with Crippen LogP contribution in [0.25, 0.3) is 0 Å². The largest absolute Gasteiger partial charge is 0.383 e. The molecular weight excluding hydrogens is 236 g/mol. The fourth-order valence-corrected chi connectivity index (χ4v) is 1.80. The van der Waals surface area contributed by atoms with Gasteiger partial charge in [0.1, 0.15) is 0 Å². The predicted molar refractivity (Wildman–Crippen MR) is 75.4 cm³/mol. The Morgan fingerprint density at radius 1 is 1.35 bits per heavy atom. The van der Waals surface area contributed by atoms with Crippen LogP contribution < -0.4 is 5.32 Å². The number of ether oxygens (including phenoxy) is 2. The standard InChI is InChI=1S/C12H26N2O2S/c1-5-16-9-6-7-13-12(17)14(11(2)3)8-10-15-4/h11H,5-10H2,1-4H3,(H,13,17). The number of nitrogens with zero attached hydrogens (tertiary/aromatic N) is 1. The number of rotatable bonds is 9. The Morgan fingerprint density at radius 3 is 2.59 bits per heavy atom. The molecular formula is C12H26N2O2S. The zero-order valence-corrected chi connectivity index (χ0v) is 12.3. The molecule has 0 aliphatic rings. The van der Waals surface area contributed by atoms with Gasteiger partial charge in [-0.15, -0.1) is 0 Å². The Kier molecular flexibility index (Phi) is 10.5. The lowest BCUT2D eigenvalue weighted by atomic mass is 10.3. The lowest BCUT2D eigenvalue weighted by molar-refractivity contribution is 0.145. The van der Waals surface area contributed by atoms with Crippen molar-refractivity contribution in [1.29, 1.82) is 0 Å². The molecule has 0 aliphatic heterocycles. The summed E-state index contributed by atoms with van der Waals surface area (Å²) >= 11 is 5.36. The highest BCUT2D eigenvalue weighted by atomic mass is 32.1. The summed E-state index contributed by atoms with van der Waals surface area (Å²) in [6.45, 7) is 10.2. The maximum absolute atomic E-state index is 5.36. The van der Waals surface area contributed by atoms with Gasteiger partial charge in [0.15, 0.2) is 5.11 Å². The van der Waals surface area contributed by atoms with E-state index in [4.69, 9.17) is 21.7 Å². The molecule has 17 heavy (non-hydrogen) atoms. The van der Waals surface area contributed by atoms with Crippen LogP contribution in [-0.2, 0) is 9.47 Å². The Balaban J connectivity index is 3.81. The fourth-order valence-electron chi connectivity index (χ4n) is 1.40. The second-order valence-electron chi connectivity index (χ2n) is 4.06. The molecule has 0 radical (unpaired) electrons. The summed E-state index contributed by atoms with van der Waals surface area (Å²) in [6, 6.07) is 0.386. The van der Waals surface area contributed by atoms with Gasteiger partial charge in [0.05, 0.1) is 6.61 Å². The van der Waals surface area contributed by atoms with Crippen molar-refractivity contribution in [2.24, 2.45) is 0 Å². The lowest BCUT2D eigenvalue weighted by Crippen LogP contribution is -2.45. The van der Waals surface area contributed by atoms with E-state index in [0.717, 1.165) is 37.8 Å². The van der Waals surface area contributed by atoms with Crippen molar-refractivity contribution in [2.45, 2.75) is 33.2 Å². The normalized spacial score (nSPS) is 10.6. The molecule has 102 valence electrons. The zero-order valence-electron chi connectivity index (χ0n) is 11.5. The smallest absolute Gasteiger partial charge is 0.169 e. The summed E-state index contributed by atoms with van der Waals surface area (Å²) in [6.07, 6.45) is 0.976. The molecule has 0 aliphatic carbocycles. The SMILES string of the molecule is CCOCCCNC(=S)N(CCOC)C(C)C. The van der Waals surface area contributed by atoms with Gasteiger partial charge in [-0.1, -0.05) is 0 Å². The quantitative estimate of drug-likeness (QED) is 0.505. The topological polar surface area (TPSA) is 33.7 Å².